The summed E-state index contributed by atoms with van der Waals surface area (Å²) in [5.74, 6) is 0.480. The van der Waals surface area contributed by atoms with Crippen LogP contribution in [0.3, 0.4) is 0 Å². The Morgan fingerprint density at radius 2 is 1.76 bits per heavy atom. The van der Waals surface area contributed by atoms with Gasteiger partial charge in [0, 0.05) is 29.6 Å². The van der Waals surface area contributed by atoms with Crippen molar-refractivity contribution in [3.8, 4) is 6.07 Å². The first-order valence-corrected chi connectivity index (χ1v) is 14.3. The minimum Gasteiger partial charge on any atom is -0.481 e. The minimum absolute atomic E-state index is 0.0474. The first-order valence-electron chi connectivity index (χ1n) is 14.3. The smallest absolute Gasteiger partial charge is 0.177 e. The molecule has 0 heterocycles. The summed E-state index contributed by atoms with van der Waals surface area (Å²) in [4.78, 5) is 27.3. The number of nitrogens with one attached hydrogen (secondary N) is 1. The van der Waals surface area contributed by atoms with Gasteiger partial charge < -0.3 is 4.74 Å². The van der Waals surface area contributed by atoms with Crippen molar-refractivity contribution >= 4 is 17.5 Å². The van der Waals surface area contributed by atoms with E-state index in [1.807, 2.05) is 19.1 Å². The van der Waals surface area contributed by atoms with Gasteiger partial charge in [-0.3, -0.25) is 15.0 Å². The fourth-order valence-electron chi connectivity index (χ4n) is 9.86. The van der Waals surface area contributed by atoms with Crippen molar-refractivity contribution in [3.63, 3.8) is 0 Å². The normalized spacial score (nSPS) is 46.2. The Morgan fingerprint density at radius 3 is 2.41 bits per heavy atom. The molecule has 37 heavy (non-hydrogen) atoms. The lowest BCUT2D eigenvalue weighted by molar-refractivity contribution is -0.175. The number of carbonyl (C=O) groups is 2. The maximum Gasteiger partial charge on any atom is 0.177 e. The van der Waals surface area contributed by atoms with Crippen LogP contribution in [-0.2, 0) is 14.3 Å². The van der Waals surface area contributed by atoms with E-state index in [0.29, 0.717) is 6.61 Å². The summed E-state index contributed by atoms with van der Waals surface area (Å²) in [6.45, 7) is 15.8. The lowest BCUT2D eigenvalue weighted by atomic mass is 9.35. The predicted molar refractivity (Wildman–Crippen MR) is 144 cm³/mol. The Hall–Kier alpha value is -2.22. The van der Waals surface area contributed by atoms with E-state index in [4.69, 9.17) is 10.1 Å². The van der Waals surface area contributed by atoms with Crippen LogP contribution in [0.4, 0.5) is 0 Å². The molecule has 0 saturated heterocycles. The minimum atomic E-state index is -0.462. The molecule has 5 aliphatic rings. The van der Waals surface area contributed by atoms with Crippen LogP contribution in [-0.4, -0.2) is 24.1 Å². The largest absolute Gasteiger partial charge is 0.481 e. The molecule has 5 rings (SSSR count). The summed E-state index contributed by atoms with van der Waals surface area (Å²) in [5, 5.41) is 17.7. The summed E-state index contributed by atoms with van der Waals surface area (Å²) >= 11 is 0. The van der Waals surface area contributed by atoms with Crippen molar-refractivity contribution in [2.45, 2.75) is 93.4 Å². The van der Waals surface area contributed by atoms with Gasteiger partial charge in [0.15, 0.2) is 17.5 Å². The number of nitriles is 1. The van der Waals surface area contributed by atoms with Crippen molar-refractivity contribution in [1.82, 2.24) is 0 Å². The Kier molecular flexibility index (Phi) is 5.81. The molecule has 0 unspecified atom stereocenters. The van der Waals surface area contributed by atoms with E-state index in [9.17, 15) is 14.9 Å². The predicted octanol–water partition coefficient (Wildman–Crippen LogP) is 6.83. The molecule has 8 atom stereocenters. The highest BCUT2D eigenvalue weighted by Crippen LogP contribution is 2.73. The van der Waals surface area contributed by atoms with Crippen LogP contribution in [0.1, 0.15) is 93.4 Å². The summed E-state index contributed by atoms with van der Waals surface area (Å²) < 4.78 is 5.91. The van der Waals surface area contributed by atoms with Crippen LogP contribution >= 0.6 is 0 Å². The monoisotopic (exact) mass is 504 g/mol. The van der Waals surface area contributed by atoms with Gasteiger partial charge in [0.05, 0.1) is 12.2 Å². The number of nitrogens with zero attached hydrogens (tertiary/aromatic N) is 1. The van der Waals surface area contributed by atoms with Crippen molar-refractivity contribution in [2.75, 3.05) is 6.61 Å². The SMILES string of the molecule is CC(=N)OC[C@]12CCC(C)(C)C[C@H]1[C@H]1C(=O)C=C3[C@@]4(C)C=C(C#N)C(=O)[C@@H](C)[C@@H]4CC[C@@]3(C)[C@]1(C)CC2. The average Bonchev–Trinajstić information content (AvgIpc) is 2.82. The van der Waals surface area contributed by atoms with Gasteiger partial charge in [0.25, 0.3) is 0 Å². The fourth-order valence-corrected chi connectivity index (χ4v) is 9.86. The van der Waals surface area contributed by atoms with Crippen LogP contribution in [0, 0.1) is 67.5 Å². The van der Waals surface area contributed by atoms with Crippen LogP contribution < -0.4 is 0 Å². The first kappa shape index (κ1) is 26.4. The standard InChI is InChI=1S/C32H44N2O3/c1-19-22-8-9-30(6)25(29(22,5)15-21(17-33)27(19)36)14-24(35)26-23-16-28(3,4)10-12-32(23,18-37-20(2)34)13-11-31(26,30)7/h14-15,19,22-23,26,34H,8-13,16,18H2,1-7H3/t19-,22-,23-,26-,29-,30+,31+,32+/m0/s1. The van der Waals surface area contributed by atoms with Crippen LogP contribution in [0.15, 0.2) is 23.3 Å². The van der Waals surface area contributed by atoms with E-state index < -0.39 is 5.41 Å². The zero-order chi connectivity index (χ0) is 27.2. The van der Waals surface area contributed by atoms with Crippen LogP contribution in [0.5, 0.6) is 0 Å². The molecule has 0 aliphatic heterocycles. The number of ether oxygens (including phenoxy) is 1. The maximum absolute atomic E-state index is 14.4. The van der Waals surface area contributed by atoms with Gasteiger partial charge in [-0.15, -0.1) is 0 Å². The summed E-state index contributed by atoms with van der Waals surface area (Å²) in [7, 11) is 0. The number of hydrogen-bond donors (Lipinski definition) is 1. The van der Waals surface area contributed by atoms with E-state index in [0.717, 1.165) is 50.5 Å². The molecule has 5 aliphatic carbocycles. The first-order chi connectivity index (χ1) is 17.1. The van der Waals surface area contributed by atoms with E-state index in [1.54, 1.807) is 6.92 Å². The molecule has 0 amide bonds. The molecule has 5 heteroatoms. The third-order valence-corrected chi connectivity index (χ3v) is 12.3. The highest BCUT2D eigenvalue weighted by Gasteiger charge is 2.69. The molecule has 5 nitrogen and oxygen atoms in total. The molecule has 3 fully saturated rings. The molecular formula is C32H44N2O3. The lowest BCUT2D eigenvalue weighted by Gasteiger charge is -2.68. The second-order valence-electron chi connectivity index (χ2n) is 14.6. The highest BCUT2D eigenvalue weighted by atomic mass is 16.5. The molecule has 0 aromatic carbocycles. The number of Topliss-reactive ketones (excluding diaryl/α,β-unsaturated/α-hetero) is 1. The van der Waals surface area contributed by atoms with Crippen LogP contribution in [0.2, 0.25) is 0 Å². The number of ketones is 2. The van der Waals surface area contributed by atoms with Gasteiger partial charge in [-0.1, -0.05) is 53.2 Å². The van der Waals surface area contributed by atoms with Gasteiger partial charge >= 0.3 is 0 Å². The number of hydrogen-bond acceptors (Lipinski definition) is 5. The summed E-state index contributed by atoms with van der Waals surface area (Å²) in [6.07, 6.45) is 10.9. The molecule has 3 saturated carbocycles. The molecule has 200 valence electrons. The summed E-state index contributed by atoms with van der Waals surface area (Å²) in [5.41, 5.74) is 0.670. The van der Waals surface area contributed by atoms with Gasteiger partial charge in [0.2, 0.25) is 0 Å². The second-order valence-corrected chi connectivity index (χ2v) is 14.6. The molecule has 1 N–H and O–H groups in total. The molecule has 0 spiro atoms. The van der Waals surface area contributed by atoms with Crippen molar-refractivity contribution in [2.24, 2.45) is 50.7 Å². The third-order valence-electron chi connectivity index (χ3n) is 12.3. The van der Waals surface area contributed by atoms with E-state index in [1.165, 1.54) is 0 Å². The van der Waals surface area contributed by atoms with Crippen molar-refractivity contribution in [3.05, 3.63) is 23.3 Å². The van der Waals surface area contributed by atoms with Gasteiger partial charge in [-0.25, -0.2) is 0 Å². The van der Waals surface area contributed by atoms with Gasteiger partial charge in [0.1, 0.15) is 6.07 Å². The quantitative estimate of drug-likeness (QED) is 0.329. The van der Waals surface area contributed by atoms with Crippen molar-refractivity contribution in [1.29, 1.82) is 10.7 Å². The maximum atomic E-state index is 14.4. The lowest BCUT2D eigenvalue weighted by Crippen LogP contribution is -2.64. The van der Waals surface area contributed by atoms with Crippen LogP contribution in [0.25, 0.3) is 0 Å². The zero-order valence-corrected chi connectivity index (χ0v) is 23.8. The number of carbonyl (C=O) groups excluding carboxylic acids is 2. The highest BCUT2D eigenvalue weighted by molar-refractivity contribution is 6.02. The zero-order valence-electron chi connectivity index (χ0n) is 23.8. The summed E-state index contributed by atoms with van der Waals surface area (Å²) in [6, 6.07) is 2.17. The van der Waals surface area contributed by atoms with E-state index >= 15 is 0 Å². The molecular weight excluding hydrogens is 460 g/mol. The second kappa shape index (κ2) is 8.14. The van der Waals surface area contributed by atoms with Gasteiger partial charge in [-0.2, -0.15) is 5.26 Å². The molecule has 0 bridgehead atoms. The van der Waals surface area contributed by atoms with Crippen molar-refractivity contribution < 1.29 is 14.3 Å². The number of allylic oxidation sites excluding steroid dienone is 4. The Morgan fingerprint density at radius 1 is 1.08 bits per heavy atom. The molecule has 0 radical (unpaired) electrons. The Bertz CT molecular complexity index is 1170. The average molecular weight is 505 g/mol. The Labute approximate surface area is 222 Å². The third kappa shape index (κ3) is 3.50. The topological polar surface area (TPSA) is 91.0 Å². The molecule has 0 aromatic rings. The van der Waals surface area contributed by atoms with E-state index in [-0.39, 0.29) is 68.4 Å². The number of fused-ring (bicyclic) bond motifs is 7. The van der Waals surface area contributed by atoms with Gasteiger partial charge in [-0.05, 0) is 79.1 Å². The fraction of sp³-hybridized carbons (Fsp3) is 0.750. The number of rotatable bonds is 2. The molecule has 0 aromatic heterocycles. The Balaban J connectivity index is 1.65. The van der Waals surface area contributed by atoms with E-state index in [2.05, 4.69) is 40.7 Å².